The third-order valence-corrected chi connectivity index (χ3v) is 6.07. The lowest BCUT2D eigenvalue weighted by Gasteiger charge is -2.22. The molecule has 0 saturated heterocycles. The smallest absolute Gasteiger partial charge is 0.148 e. The molecule has 0 radical (unpaired) electrons. The molecule has 2 aromatic rings. The van der Waals surface area contributed by atoms with Crippen LogP contribution in [0, 0.1) is 0 Å². The minimum Gasteiger partial charge on any atom is -0.495 e. The van der Waals surface area contributed by atoms with Crippen LogP contribution >= 0.6 is 11.3 Å². The third kappa shape index (κ3) is 3.57. The van der Waals surface area contributed by atoms with Gasteiger partial charge in [0.2, 0.25) is 0 Å². The fourth-order valence-corrected chi connectivity index (χ4v) is 4.70. The molecule has 2 atom stereocenters. The van der Waals surface area contributed by atoms with Crippen molar-refractivity contribution >= 4 is 16.9 Å². The molecule has 142 valence electrons. The van der Waals surface area contributed by atoms with Crippen LogP contribution in [-0.4, -0.2) is 29.5 Å². The molecule has 0 amide bonds. The Hall–Kier alpha value is -2.02. The maximum atomic E-state index is 6.22. The van der Waals surface area contributed by atoms with E-state index in [-0.39, 0.29) is 12.1 Å². The molecule has 1 heterocycles. The second-order valence-electron chi connectivity index (χ2n) is 6.75. The molecule has 0 aliphatic heterocycles. The summed E-state index contributed by atoms with van der Waals surface area (Å²) < 4.78 is 11.6. The van der Waals surface area contributed by atoms with Crippen molar-refractivity contribution in [2.45, 2.75) is 45.3 Å². The molecule has 1 unspecified atom stereocenters. The van der Waals surface area contributed by atoms with Gasteiger partial charge in [0, 0.05) is 23.8 Å². The van der Waals surface area contributed by atoms with Crippen molar-refractivity contribution in [3.05, 3.63) is 52.2 Å². The van der Waals surface area contributed by atoms with Crippen molar-refractivity contribution in [3.63, 3.8) is 0 Å². The number of allylic oxidation sites excluding steroid dienone is 2. The molecule has 27 heavy (non-hydrogen) atoms. The molecule has 6 heteroatoms. The molecule has 2 aliphatic carbocycles. The molecule has 1 aromatic heterocycles. The Morgan fingerprint density at radius 3 is 2.85 bits per heavy atom. The Morgan fingerprint density at radius 2 is 2.04 bits per heavy atom. The lowest BCUT2D eigenvalue weighted by molar-refractivity contribution is 0.0395. The van der Waals surface area contributed by atoms with E-state index in [0.29, 0.717) is 13.2 Å². The van der Waals surface area contributed by atoms with Gasteiger partial charge in [-0.15, -0.1) is 10.2 Å². The number of fused-ring (bicyclic) bond motifs is 1. The van der Waals surface area contributed by atoms with Crippen molar-refractivity contribution in [2.75, 3.05) is 13.2 Å². The van der Waals surface area contributed by atoms with Gasteiger partial charge in [0.05, 0.1) is 6.61 Å². The summed E-state index contributed by atoms with van der Waals surface area (Å²) in [5.41, 5.74) is 11.0. The molecule has 4 rings (SSSR count). The van der Waals surface area contributed by atoms with Gasteiger partial charge in [-0.05, 0) is 50.3 Å². The number of ether oxygens (including phenoxy) is 2. The maximum Gasteiger partial charge on any atom is 0.148 e. The quantitative estimate of drug-likeness (QED) is 0.807. The zero-order valence-corrected chi connectivity index (χ0v) is 16.6. The standard InChI is InChI=1S/C21H25N3O2S/c1-3-25-18-11-8-13(12-19(18)26-4-2)20-23-24-21(27-20)16-7-5-6-15-14(16)9-10-17(15)22/h5-8,12,17-18H,3-4,9-11,22H2,1-2H3/t17-,18?/m1/s1. The first kappa shape index (κ1) is 18.3. The summed E-state index contributed by atoms with van der Waals surface area (Å²) in [5, 5.41) is 10.8. The summed E-state index contributed by atoms with van der Waals surface area (Å²) in [6.07, 6.45) is 7.00. The molecule has 2 N–H and O–H groups in total. The number of rotatable bonds is 6. The van der Waals surface area contributed by atoms with Crippen LogP contribution in [-0.2, 0) is 15.9 Å². The predicted octanol–water partition coefficient (Wildman–Crippen LogP) is 4.26. The zero-order valence-electron chi connectivity index (χ0n) is 15.8. The van der Waals surface area contributed by atoms with E-state index < -0.39 is 0 Å². The van der Waals surface area contributed by atoms with Crippen LogP contribution in [0.3, 0.4) is 0 Å². The van der Waals surface area contributed by atoms with Crippen molar-refractivity contribution in [3.8, 4) is 10.6 Å². The number of hydrogen-bond acceptors (Lipinski definition) is 6. The Balaban J connectivity index is 1.62. The average molecular weight is 384 g/mol. The minimum absolute atomic E-state index is 0.00929. The fourth-order valence-electron chi connectivity index (χ4n) is 3.79. The van der Waals surface area contributed by atoms with Crippen LogP contribution < -0.4 is 5.73 Å². The highest BCUT2D eigenvalue weighted by molar-refractivity contribution is 7.15. The normalized spacial score (nSPS) is 21.6. The van der Waals surface area contributed by atoms with Crippen molar-refractivity contribution in [1.82, 2.24) is 10.2 Å². The Bertz CT molecular complexity index is 887. The summed E-state index contributed by atoms with van der Waals surface area (Å²) in [7, 11) is 0. The molecule has 0 fully saturated rings. The van der Waals surface area contributed by atoms with Gasteiger partial charge in [0.25, 0.3) is 0 Å². The number of aromatic nitrogens is 2. The Labute approximate surface area is 163 Å². The number of nitrogens with zero attached hydrogens (tertiary/aromatic N) is 2. The first-order valence-electron chi connectivity index (χ1n) is 9.59. The monoisotopic (exact) mass is 383 g/mol. The molecule has 2 aliphatic rings. The van der Waals surface area contributed by atoms with Gasteiger partial charge < -0.3 is 15.2 Å². The second kappa shape index (κ2) is 7.92. The van der Waals surface area contributed by atoms with Crippen molar-refractivity contribution < 1.29 is 9.47 Å². The minimum atomic E-state index is -0.00929. The molecule has 0 bridgehead atoms. The molecule has 1 aromatic carbocycles. The van der Waals surface area contributed by atoms with Crippen LogP contribution in [0.25, 0.3) is 16.1 Å². The lowest BCUT2D eigenvalue weighted by atomic mass is 10.0. The Morgan fingerprint density at radius 1 is 1.19 bits per heavy atom. The predicted molar refractivity (Wildman–Crippen MR) is 108 cm³/mol. The van der Waals surface area contributed by atoms with Crippen LogP contribution in [0.15, 0.2) is 36.1 Å². The molecule has 5 nitrogen and oxygen atoms in total. The molecular weight excluding hydrogens is 358 g/mol. The van der Waals surface area contributed by atoms with Crippen LogP contribution in [0.1, 0.15) is 48.9 Å². The first-order valence-corrected chi connectivity index (χ1v) is 10.4. The fraction of sp³-hybridized carbons (Fsp3) is 0.429. The SMILES string of the molecule is CCOC1=CC(c2nnc(-c3cccc4c3CC[C@H]4N)s2)=CCC1OCC. The van der Waals surface area contributed by atoms with Crippen molar-refractivity contribution in [2.24, 2.45) is 5.73 Å². The highest BCUT2D eigenvalue weighted by atomic mass is 32.1. The summed E-state index contributed by atoms with van der Waals surface area (Å²) in [5.74, 6) is 0.875. The van der Waals surface area contributed by atoms with Gasteiger partial charge in [-0.3, -0.25) is 0 Å². The van der Waals surface area contributed by atoms with E-state index in [1.165, 1.54) is 16.7 Å². The van der Waals surface area contributed by atoms with Gasteiger partial charge >= 0.3 is 0 Å². The van der Waals surface area contributed by atoms with Gasteiger partial charge in [-0.25, -0.2) is 0 Å². The second-order valence-corrected chi connectivity index (χ2v) is 7.73. The van der Waals surface area contributed by atoms with Gasteiger partial charge in [0.15, 0.2) is 0 Å². The molecule has 0 spiro atoms. The highest BCUT2D eigenvalue weighted by Gasteiger charge is 2.25. The van der Waals surface area contributed by atoms with E-state index in [1.807, 2.05) is 19.9 Å². The van der Waals surface area contributed by atoms with E-state index in [1.54, 1.807) is 11.3 Å². The number of hydrogen-bond donors (Lipinski definition) is 1. The van der Waals surface area contributed by atoms with E-state index in [9.17, 15) is 0 Å². The Kier molecular flexibility index (Phi) is 5.38. The number of benzene rings is 1. The highest BCUT2D eigenvalue weighted by Crippen LogP contribution is 2.39. The van der Waals surface area contributed by atoms with E-state index in [0.717, 1.165) is 40.6 Å². The van der Waals surface area contributed by atoms with Gasteiger partial charge in [0.1, 0.15) is 21.9 Å². The van der Waals surface area contributed by atoms with E-state index in [4.69, 9.17) is 15.2 Å². The largest absolute Gasteiger partial charge is 0.495 e. The average Bonchev–Trinajstić information content (AvgIpc) is 3.31. The summed E-state index contributed by atoms with van der Waals surface area (Å²) in [4.78, 5) is 0. The van der Waals surface area contributed by atoms with E-state index in [2.05, 4.69) is 34.5 Å². The van der Waals surface area contributed by atoms with Crippen molar-refractivity contribution in [1.29, 1.82) is 0 Å². The summed E-state index contributed by atoms with van der Waals surface area (Å²) in [6, 6.07) is 6.47. The van der Waals surface area contributed by atoms with Gasteiger partial charge in [-0.2, -0.15) is 0 Å². The van der Waals surface area contributed by atoms with Gasteiger partial charge in [-0.1, -0.05) is 35.6 Å². The topological polar surface area (TPSA) is 70.3 Å². The van der Waals surface area contributed by atoms with E-state index >= 15 is 0 Å². The lowest BCUT2D eigenvalue weighted by Crippen LogP contribution is -2.20. The third-order valence-electron chi connectivity index (χ3n) is 5.07. The maximum absolute atomic E-state index is 6.22. The molecule has 0 saturated carbocycles. The number of nitrogens with two attached hydrogens (primary N) is 1. The first-order chi connectivity index (χ1) is 13.2. The van der Waals surface area contributed by atoms with Crippen LogP contribution in [0.5, 0.6) is 0 Å². The zero-order chi connectivity index (χ0) is 18.8. The molecular formula is C21H25N3O2S. The van der Waals surface area contributed by atoms with Crippen LogP contribution in [0.2, 0.25) is 0 Å². The summed E-state index contributed by atoms with van der Waals surface area (Å²) >= 11 is 1.62. The van der Waals surface area contributed by atoms with Crippen LogP contribution in [0.4, 0.5) is 0 Å². The summed E-state index contributed by atoms with van der Waals surface area (Å²) in [6.45, 7) is 5.29.